The van der Waals surface area contributed by atoms with Crippen molar-refractivity contribution >= 4 is 5.97 Å². The predicted molar refractivity (Wildman–Crippen MR) is 88.9 cm³/mol. The smallest absolute Gasteiger partial charge is 0.341 e. The number of ether oxygens (including phenoxy) is 2. The molecule has 2 aliphatic heterocycles. The Morgan fingerprint density at radius 2 is 2.08 bits per heavy atom. The SMILES string of the molecule is CCOC(=O)C1=CN=[N+]2C=CN(Cc3ccccc3)C2C1(O)OCC. The Balaban J connectivity index is 1.93. The average molecular weight is 344 g/mol. The molecule has 0 saturated heterocycles. The minimum absolute atomic E-state index is 0.000730. The first kappa shape index (κ1) is 17.3. The van der Waals surface area contributed by atoms with Gasteiger partial charge >= 0.3 is 12.1 Å². The van der Waals surface area contributed by atoms with Crippen molar-refractivity contribution in [2.45, 2.75) is 32.3 Å². The average Bonchev–Trinajstić information content (AvgIpc) is 3.00. The molecule has 0 amide bonds. The first-order chi connectivity index (χ1) is 12.1. The summed E-state index contributed by atoms with van der Waals surface area (Å²) >= 11 is 0. The first-order valence-corrected chi connectivity index (χ1v) is 8.31. The lowest BCUT2D eigenvalue weighted by molar-refractivity contribution is -0.610. The van der Waals surface area contributed by atoms with Crippen molar-refractivity contribution in [1.29, 1.82) is 0 Å². The van der Waals surface area contributed by atoms with E-state index < -0.39 is 17.9 Å². The number of carbonyl (C=O) groups is 1. The van der Waals surface area contributed by atoms with Gasteiger partial charge in [-0.1, -0.05) is 35.0 Å². The number of rotatable bonds is 6. The molecule has 25 heavy (non-hydrogen) atoms. The molecule has 0 saturated carbocycles. The van der Waals surface area contributed by atoms with Crippen LogP contribution in [0.2, 0.25) is 0 Å². The molecule has 132 valence electrons. The van der Waals surface area contributed by atoms with Crippen LogP contribution in [0.25, 0.3) is 0 Å². The first-order valence-electron chi connectivity index (χ1n) is 8.31. The topological polar surface area (TPSA) is 74.4 Å². The zero-order valence-corrected chi connectivity index (χ0v) is 14.3. The van der Waals surface area contributed by atoms with Gasteiger partial charge < -0.3 is 19.5 Å². The molecule has 1 aromatic carbocycles. The van der Waals surface area contributed by atoms with Crippen molar-refractivity contribution in [2.24, 2.45) is 5.11 Å². The van der Waals surface area contributed by atoms with Crippen LogP contribution < -0.4 is 0 Å². The summed E-state index contributed by atoms with van der Waals surface area (Å²) in [7, 11) is 0. The van der Waals surface area contributed by atoms with Crippen LogP contribution in [0, 0.1) is 0 Å². The summed E-state index contributed by atoms with van der Waals surface area (Å²) in [5.41, 5.74) is 1.07. The molecule has 0 bridgehead atoms. The molecule has 2 unspecified atom stereocenters. The second-order valence-electron chi connectivity index (χ2n) is 5.72. The van der Waals surface area contributed by atoms with Gasteiger partial charge in [0.2, 0.25) is 6.20 Å². The van der Waals surface area contributed by atoms with Crippen LogP contribution in [-0.2, 0) is 20.8 Å². The Morgan fingerprint density at radius 3 is 2.76 bits per heavy atom. The van der Waals surface area contributed by atoms with Crippen LogP contribution in [0.5, 0.6) is 0 Å². The third-order valence-corrected chi connectivity index (χ3v) is 4.10. The van der Waals surface area contributed by atoms with Gasteiger partial charge in [0.05, 0.1) is 12.8 Å². The van der Waals surface area contributed by atoms with Crippen molar-refractivity contribution in [3.05, 3.63) is 60.1 Å². The molecule has 7 nitrogen and oxygen atoms in total. The number of aliphatic hydroxyl groups is 1. The number of carbonyl (C=O) groups excluding carboxylic acids is 1. The van der Waals surface area contributed by atoms with Gasteiger partial charge in [0.15, 0.2) is 0 Å². The van der Waals surface area contributed by atoms with Crippen molar-refractivity contribution in [3.8, 4) is 0 Å². The number of azo groups is 2. The van der Waals surface area contributed by atoms with Crippen molar-refractivity contribution in [2.75, 3.05) is 13.2 Å². The molecule has 0 aliphatic carbocycles. The van der Waals surface area contributed by atoms with E-state index in [-0.39, 0.29) is 18.8 Å². The number of hydrogen-bond acceptors (Lipinski definition) is 6. The standard InChI is InChI=1S/C18H22N3O4/c1-3-24-16(22)15-12-19-21-11-10-20(13-14-8-6-5-7-9-14)17(21)18(15,23)25-4-2/h5-12,17,23H,3-4,13H2,1-2H3/q+1. The molecular formula is C18H22N3O4+. The number of nitrogens with zero attached hydrogens (tertiary/aromatic N) is 3. The quantitative estimate of drug-likeness (QED) is 0.485. The summed E-state index contributed by atoms with van der Waals surface area (Å²) in [6, 6.07) is 9.86. The van der Waals surface area contributed by atoms with E-state index in [2.05, 4.69) is 5.11 Å². The van der Waals surface area contributed by atoms with Crippen LogP contribution >= 0.6 is 0 Å². The van der Waals surface area contributed by atoms with E-state index in [0.717, 1.165) is 5.56 Å². The molecule has 0 spiro atoms. The van der Waals surface area contributed by atoms with Crippen LogP contribution in [0.1, 0.15) is 19.4 Å². The maximum absolute atomic E-state index is 12.3. The van der Waals surface area contributed by atoms with Gasteiger partial charge in [0.25, 0.3) is 5.79 Å². The summed E-state index contributed by atoms with van der Waals surface area (Å²) in [6.45, 7) is 4.46. The van der Waals surface area contributed by atoms with Crippen molar-refractivity contribution < 1.29 is 24.1 Å². The van der Waals surface area contributed by atoms with Gasteiger partial charge in [0, 0.05) is 13.2 Å². The maximum Gasteiger partial charge on any atom is 0.341 e. The molecule has 3 rings (SSSR count). The predicted octanol–water partition coefficient (Wildman–Crippen LogP) is 1.95. The van der Waals surface area contributed by atoms with Gasteiger partial charge in [-0.25, -0.2) is 4.79 Å². The Morgan fingerprint density at radius 1 is 1.32 bits per heavy atom. The lowest BCUT2D eigenvalue weighted by Gasteiger charge is -2.35. The van der Waals surface area contributed by atoms with E-state index in [9.17, 15) is 9.90 Å². The molecule has 2 atom stereocenters. The summed E-state index contributed by atoms with van der Waals surface area (Å²) in [6.07, 6.45) is 4.20. The maximum atomic E-state index is 12.3. The lowest BCUT2D eigenvalue weighted by atomic mass is 10.0. The van der Waals surface area contributed by atoms with E-state index in [4.69, 9.17) is 9.47 Å². The summed E-state index contributed by atoms with van der Waals surface area (Å²) in [4.78, 5) is 14.2. The van der Waals surface area contributed by atoms with Gasteiger partial charge in [-0.15, -0.1) is 0 Å². The minimum atomic E-state index is -1.85. The number of hydrogen-bond donors (Lipinski definition) is 1. The highest BCUT2D eigenvalue weighted by Gasteiger charge is 2.59. The molecule has 2 heterocycles. The molecule has 1 N–H and O–H groups in total. The zero-order chi connectivity index (χ0) is 17.9. The fourth-order valence-electron chi connectivity index (χ4n) is 3.04. The molecular weight excluding hydrogens is 322 g/mol. The van der Waals surface area contributed by atoms with Crippen LogP contribution in [-0.4, -0.2) is 45.8 Å². The van der Waals surface area contributed by atoms with Crippen LogP contribution in [0.3, 0.4) is 0 Å². The van der Waals surface area contributed by atoms with Crippen molar-refractivity contribution in [3.63, 3.8) is 0 Å². The largest absolute Gasteiger partial charge is 0.462 e. The number of fused-ring (bicyclic) bond motifs is 1. The van der Waals surface area contributed by atoms with E-state index >= 15 is 0 Å². The highest BCUT2D eigenvalue weighted by atomic mass is 16.6. The molecule has 2 aliphatic rings. The van der Waals surface area contributed by atoms with Gasteiger partial charge in [-0.2, -0.15) is 0 Å². The summed E-state index contributed by atoms with van der Waals surface area (Å²) in [5.74, 6) is -2.48. The zero-order valence-electron chi connectivity index (χ0n) is 14.3. The van der Waals surface area contributed by atoms with Crippen molar-refractivity contribution in [1.82, 2.24) is 4.90 Å². The highest BCUT2D eigenvalue weighted by molar-refractivity contribution is 5.90. The van der Waals surface area contributed by atoms with Gasteiger partial charge in [-0.3, -0.25) is 0 Å². The summed E-state index contributed by atoms with van der Waals surface area (Å²) < 4.78 is 12.3. The highest BCUT2D eigenvalue weighted by Crippen LogP contribution is 2.35. The third kappa shape index (κ3) is 3.20. The third-order valence-electron chi connectivity index (χ3n) is 4.10. The Hall–Kier alpha value is -2.51. The molecule has 1 aromatic rings. The Kier molecular flexibility index (Phi) is 4.96. The number of esters is 1. The van der Waals surface area contributed by atoms with Crippen LogP contribution in [0.4, 0.5) is 0 Å². The molecule has 0 fully saturated rings. The van der Waals surface area contributed by atoms with E-state index in [1.54, 1.807) is 24.7 Å². The lowest BCUT2D eigenvalue weighted by Crippen LogP contribution is -2.58. The van der Waals surface area contributed by atoms with Crippen LogP contribution in [0.15, 0.2) is 59.6 Å². The molecule has 0 aromatic heterocycles. The van der Waals surface area contributed by atoms with E-state index in [1.807, 2.05) is 41.4 Å². The van der Waals surface area contributed by atoms with E-state index in [1.165, 1.54) is 6.20 Å². The molecule has 7 heteroatoms. The second kappa shape index (κ2) is 7.16. The second-order valence-corrected chi connectivity index (χ2v) is 5.72. The fraction of sp³-hybridized carbons (Fsp3) is 0.389. The van der Waals surface area contributed by atoms with Gasteiger partial charge in [-0.05, 0) is 24.5 Å². The molecule has 0 radical (unpaired) electrons. The monoisotopic (exact) mass is 344 g/mol. The normalized spacial score (nSPS) is 24.6. The van der Waals surface area contributed by atoms with Gasteiger partial charge in [0.1, 0.15) is 11.8 Å². The fourth-order valence-corrected chi connectivity index (χ4v) is 3.04. The number of benzene rings is 1. The summed E-state index contributed by atoms with van der Waals surface area (Å²) in [5, 5.41) is 15.5. The minimum Gasteiger partial charge on any atom is -0.462 e. The Bertz CT molecular complexity index is 729. The van der Waals surface area contributed by atoms with E-state index in [0.29, 0.717) is 6.54 Å². The Labute approximate surface area is 146 Å².